The molecule has 1 N–H and O–H groups in total. The van der Waals surface area contributed by atoms with Gasteiger partial charge < -0.3 is 0 Å². The van der Waals surface area contributed by atoms with Gasteiger partial charge in [-0.05, 0) is 66.0 Å². The molecule has 0 fully saturated rings. The number of aromatic amines is 1. The molecular formula is C18H29N5. The topological polar surface area (TPSA) is 49.7 Å². The van der Waals surface area contributed by atoms with Crippen LogP contribution in [0.15, 0.2) is 0 Å². The predicted molar refractivity (Wildman–Crippen MR) is 92.5 cm³/mol. The smallest absolute Gasteiger partial charge is 0.0797 e. The Labute approximate surface area is 139 Å². The number of hydrogen-bond donors (Lipinski definition) is 1. The molecule has 1 aliphatic rings. The van der Waals surface area contributed by atoms with Crippen molar-refractivity contribution in [1.29, 1.82) is 0 Å². The van der Waals surface area contributed by atoms with Crippen molar-refractivity contribution < 1.29 is 0 Å². The molecule has 0 aliphatic heterocycles. The van der Waals surface area contributed by atoms with Gasteiger partial charge in [0.05, 0.1) is 11.4 Å². The zero-order chi connectivity index (χ0) is 16.6. The van der Waals surface area contributed by atoms with Gasteiger partial charge in [0.2, 0.25) is 0 Å². The van der Waals surface area contributed by atoms with Crippen molar-refractivity contribution in [3.8, 4) is 0 Å². The van der Waals surface area contributed by atoms with Gasteiger partial charge in [0, 0.05) is 36.1 Å². The summed E-state index contributed by atoms with van der Waals surface area (Å²) in [6.45, 7) is 10.5. The molecule has 0 saturated carbocycles. The number of nitrogens with one attached hydrogen (secondary N) is 1. The lowest BCUT2D eigenvalue weighted by Crippen LogP contribution is -2.19. The Bertz CT molecular complexity index is 680. The molecule has 0 saturated heterocycles. The van der Waals surface area contributed by atoms with E-state index in [0.717, 1.165) is 25.2 Å². The highest BCUT2D eigenvalue weighted by atomic mass is 15.3. The predicted octanol–water partition coefficient (Wildman–Crippen LogP) is 3.31. The molecule has 0 unspecified atom stereocenters. The van der Waals surface area contributed by atoms with Gasteiger partial charge in [0.15, 0.2) is 0 Å². The average Bonchev–Trinajstić information content (AvgIpc) is 3.04. The van der Waals surface area contributed by atoms with Crippen LogP contribution < -0.4 is 0 Å². The Hall–Kier alpha value is -1.62. The number of rotatable bonds is 5. The molecule has 1 aliphatic carbocycles. The standard InChI is InChI=1S/C18H29N5/c1-12(2)23-14(4)16(13(3)21-23)10-22(5)11-18-15-8-6-7-9-17(15)19-20-18/h12H,6-11H2,1-5H3,(H,19,20). The van der Waals surface area contributed by atoms with Gasteiger partial charge >= 0.3 is 0 Å². The van der Waals surface area contributed by atoms with E-state index in [4.69, 9.17) is 5.10 Å². The number of aryl methyl sites for hydroxylation is 2. The van der Waals surface area contributed by atoms with E-state index in [0.29, 0.717) is 6.04 Å². The van der Waals surface area contributed by atoms with E-state index in [2.05, 4.69) is 54.5 Å². The Morgan fingerprint density at radius 2 is 1.91 bits per heavy atom. The van der Waals surface area contributed by atoms with Crippen LogP contribution in [0.2, 0.25) is 0 Å². The van der Waals surface area contributed by atoms with Crippen molar-refractivity contribution in [3.63, 3.8) is 0 Å². The minimum atomic E-state index is 0.408. The number of hydrogen-bond acceptors (Lipinski definition) is 3. The molecule has 5 nitrogen and oxygen atoms in total. The minimum Gasteiger partial charge on any atom is -0.296 e. The normalized spacial score (nSPS) is 14.7. The fourth-order valence-corrected chi connectivity index (χ4v) is 3.69. The highest BCUT2D eigenvalue weighted by Gasteiger charge is 2.19. The molecule has 2 heterocycles. The first kappa shape index (κ1) is 16.2. The van der Waals surface area contributed by atoms with Gasteiger partial charge in [0.1, 0.15) is 0 Å². The summed E-state index contributed by atoms with van der Waals surface area (Å²) in [6.07, 6.45) is 4.92. The summed E-state index contributed by atoms with van der Waals surface area (Å²) >= 11 is 0. The molecule has 23 heavy (non-hydrogen) atoms. The Morgan fingerprint density at radius 1 is 1.17 bits per heavy atom. The molecular weight excluding hydrogens is 286 g/mol. The lowest BCUT2D eigenvalue weighted by Gasteiger charge is -2.18. The first-order valence-electron chi connectivity index (χ1n) is 8.75. The summed E-state index contributed by atoms with van der Waals surface area (Å²) < 4.78 is 2.13. The van der Waals surface area contributed by atoms with E-state index >= 15 is 0 Å². The summed E-state index contributed by atoms with van der Waals surface area (Å²) in [5, 5.41) is 12.5. The number of H-pyrrole nitrogens is 1. The SMILES string of the molecule is Cc1nn(C(C)C)c(C)c1CN(C)Cc1n[nH]c2c1CCCC2. The third-order valence-electron chi connectivity index (χ3n) is 4.95. The van der Waals surface area contributed by atoms with Crippen LogP contribution in [-0.2, 0) is 25.9 Å². The third-order valence-corrected chi connectivity index (χ3v) is 4.95. The summed E-state index contributed by atoms with van der Waals surface area (Å²) in [5.74, 6) is 0. The first-order chi connectivity index (χ1) is 11.0. The van der Waals surface area contributed by atoms with Gasteiger partial charge in [-0.2, -0.15) is 10.2 Å². The highest BCUT2D eigenvalue weighted by Crippen LogP contribution is 2.24. The maximum Gasteiger partial charge on any atom is 0.0797 e. The monoisotopic (exact) mass is 315 g/mol. The van der Waals surface area contributed by atoms with Gasteiger partial charge in [-0.3, -0.25) is 14.7 Å². The molecule has 0 amide bonds. The van der Waals surface area contributed by atoms with Crippen molar-refractivity contribution in [2.45, 2.75) is 72.5 Å². The zero-order valence-corrected chi connectivity index (χ0v) is 15.1. The van der Waals surface area contributed by atoms with Crippen molar-refractivity contribution in [1.82, 2.24) is 24.9 Å². The quantitative estimate of drug-likeness (QED) is 0.921. The van der Waals surface area contributed by atoms with E-state index in [9.17, 15) is 0 Å². The van der Waals surface area contributed by atoms with Crippen LogP contribution in [-0.4, -0.2) is 31.9 Å². The Morgan fingerprint density at radius 3 is 2.61 bits per heavy atom. The molecule has 0 aromatic carbocycles. The van der Waals surface area contributed by atoms with Gasteiger partial charge in [-0.25, -0.2) is 0 Å². The second-order valence-electron chi connectivity index (χ2n) is 7.19. The van der Waals surface area contributed by atoms with Crippen LogP contribution in [0.4, 0.5) is 0 Å². The first-order valence-corrected chi connectivity index (χ1v) is 8.75. The highest BCUT2D eigenvalue weighted by molar-refractivity contribution is 5.28. The molecule has 0 spiro atoms. The summed E-state index contributed by atoms with van der Waals surface area (Å²) in [5.41, 5.74) is 7.84. The van der Waals surface area contributed by atoms with Crippen LogP contribution in [0.5, 0.6) is 0 Å². The molecule has 2 aromatic rings. The van der Waals surface area contributed by atoms with Crippen LogP contribution in [0.25, 0.3) is 0 Å². The van der Waals surface area contributed by atoms with Crippen LogP contribution in [0, 0.1) is 13.8 Å². The summed E-state index contributed by atoms with van der Waals surface area (Å²) in [7, 11) is 2.18. The molecule has 0 radical (unpaired) electrons. The number of aromatic nitrogens is 4. The number of fused-ring (bicyclic) bond motifs is 1. The van der Waals surface area contributed by atoms with E-state index < -0.39 is 0 Å². The molecule has 5 heteroatoms. The lowest BCUT2D eigenvalue weighted by molar-refractivity contribution is 0.312. The Balaban J connectivity index is 1.73. The number of nitrogens with zero attached hydrogens (tertiary/aromatic N) is 4. The summed E-state index contributed by atoms with van der Waals surface area (Å²) in [6, 6.07) is 0.408. The van der Waals surface area contributed by atoms with Crippen molar-refractivity contribution in [2.75, 3.05) is 7.05 Å². The fourth-order valence-electron chi connectivity index (χ4n) is 3.69. The molecule has 3 rings (SSSR count). The average molecular weight is 315 g/mol. The van der Waals surface area contributed by atoms with E-state index in [1.165, 1.54) is 47.5 Å². The minimum absolute atomic E-state index is 0.408. The molecule has 2 aromatic heterocycles. The molecule has 126 valence electrons. The maximum atomic E-state index is 4.70. The van der Waals surface area contributed by atoms with Crippen molar-refractivity contribution >= 4 is 0 Å². The van der Waals surface area contributed by atoms with E-state index in [1.807, 2.05) is 0 Å². The zero-order valence-electron chi connectivity index (χ0n) is 15.1. The van der Waals surface area contributed by atoms with Gasteiger partial charge in [-0.15, -0.1) is 0 Å². The Kier molecular flexibility index (Phi) is 4.57. The fraction of sp³-hybridized carbons (Fsp3) is 0.667. The van der Waals surface area contributed by atoms with E-state index in [-0.39, 0.29) is 0 Å². The summed E-state index contributed by atoms with van der Waals surface area (Å²) in [4.78, 5) is 2.35. The third kappa shape index (κ3) is 3.20. The lowest BCUT2D eigenvalue weighted by atomic mass is 9.96. The second kappa shape index (κ2) is 6.48. The molecule has 0 bridgehead atoms. The molecule has 0 atom stereocenters. The largest absolute Gasteiger partial charge is 0.296 e. The van der Waals surface area contributed by atoms with Crippen LogP contribution in [0.3, 0.4) is 0 Å². The van der Waals surface area contributed by atoms with Gasteiger partial charge in [0.25, 0.3) is 0 Å². The van der Waals surface area contributed by atoms with Crippen LogP contribution in [0.1, 0.15) is 66.6 Å². The van der Waals surface area contributed by atoms with E-state index in [1.54, 1.807) is 0 Å². The maximum absolute atomic E-state index is 4.70. The van der Waals surface area contributed by atoms with Crippen molar-refractivity contribution in [3.05, 3.63) is 33.9 Å². The second-order valence-corrected chi connectivity index (χ2v) is 7.19. The van der Waals surface area contributed by atoms with Crippen LogP contribution >= 0.6 is 0 Å². The van der Waals surface area contributed by atoms with Crippen molar-refractivity contribution in [2.24, 2.45) is 0 Å². The van der Waals surface area contributed by atoms with Gasteiger partial charge in [-0.1, -0.05) is 0 Å².